The molecule has 0 saturated carbocycles. The molecule has 1 amide bonds. The first-order chi connectivity index (χ1) is 11.2. The van der Waals surface area contributed by atoms with E-state index in [-0.39, 0.29) is 12.5 Å². The molecule has 6 nitrogen and oxygen atoms in total. The van der Waals surface area contributed by atoms with Gasteiger partial charge in [-0.25, -0.2) is 9.97 Å². The number of hydrogen-bond acceptors (Lipinski definition) is 5. The monoisotopic (exact) mass is 372 g/mol. The van der Waals surface area contributed by atoms with Gasteiger partial charge < -0.3 is 4.74 Å². The number of carbonyl (C=O) groups is 1. The summed E-state index contributed by atoms with van der Waals surface area (Å²) in [5.74, 6) is 0.622. The lowest BCUT2D eigenvalue weighted by molar-refractivity contribution is -0.122. The topological polar surface area (TPSA) is 76.1 Å². The highest BCUT2D eigenvalue weighted by molar-refractivity contribution is 9.10. The summed E-state index contributed by atoms with van der Waals surface area (Å²) in [6.45, 7) is -0.109. The van der Waals surface area contributed by atoms with Crippen LogP contribution in [-0.4, -0.2) is 22.5 Å². The molecule has 0 saturated heterocycles. The SMILES string of the molecule is O=C(COc1ccc2cc(Br)ccc2c1)NNc1ncccn1. The molecule has 2 N–H and O–H groups in total. The zero-order valence-corrected chi connectivity index (χ0v) is 13.6. The van der Waals surface area contributed by atoms with Crippen LogP contribution in [0.1, 0.15) is 0 Å². The van der Waals surface area contributed by atoms with Crippen LogP contribution in [0.3, 0.4) is 0 Å². The van der Waals surface area contributed by atoms with Crippen LogP contribution >= 0.6 is 15.9 Å². The van der Waals surface area contributed by atoms with Gasteiger partial charge in [-0.05, 0) is 41.1 Å². The minimum Gasteiger partial charge on any atom is -0.484 e. The van der Waals surface area contributed by atoms with Crippen molar-refractivity contribution in [2.75, 3.05) is 12.0 Å². The molecule has 0 unspecified atom stereocenters. The maximum atomic E-state index is 11.7. The van der Waals surface area contributed by atoms with Gasteiger partial charge in [-0.15, -0.1) is 0 Å². The average molecular weight is 373 g/mol. The molecule has 2 aromatic carbocycles. The number of nitrogens with zero attached hydrogens (tertiary/aromatic N) is 2. The Morgan fingerprint density at radius 1 is 1.09 bits per heavy atom. The number of ether oxygens (including phenoxy) is 1. The second-order valence-corrected chi connectivity index (χ2v) is 5.60. The minimum absolute atomic E-state index is 0.109. The van der Waals surface area contributed by atoms with Gasteiger partial charge in [0.25, 0.3) is 5.91 Å². The average Bonchev–Trinajstić information content (AvgIpc) is 2.59. The van der Waals surface area contributed by atoms with Crippen LogP contribution in [0.15, 0.2) is 59.3 Å². The van der Waals surface area contributed by atoms with Gasteiger partial charge in [-0.1, -0.05) is 28.1 Å². The van der Waals surface area contributed by atoms with Gasteiger partial charge in [0.15, 0.2) is 6.61 Å². The van der Waals surface area contributed by atoms with Crippen molar-refractivity contribution < 1.29 is 9.53 Å². The fraction of sp³-hybridized carbons (Fsp3) is 0.0625. The maximum absolute atomic E-state index is 11.7. The van der Waals surface area contributed by atoms with Crippen molar-refractivity contribution in [3.8, 4) is 5.75 Å². The Morgan fingerprint density at radius 2 is 1.83 bits per heavy atom. The van der Waals surface area contributed by atoms with Gasteiger partial charge in [-0.2, -0.15) is 0 Å². The number of anilines is 1. The van der Waals surface area contributed by atoms with Crippen LogP contribution in [0.25, 0.3) is 10.8 Å². The van der Waals surface area contributed by atoms with E-state index in [1.807, 2.05) is 36.4 Å². The third kappa shape index (κ3) is 4.17. The van der Waals surface area contributed by atoms with E-state index in [1.165, 1.54) is 0 Å². The summed E-state index contributed by atoms with van der Waals surface area (Å²) in [7, 11) is 0. The predicted molar refractivity (Wildman–Crippen MR) is 90.9 cm³/mol. The highest BCUT2D eigenvalue weighted by Gasteiger charge is 2.04. The lowest BCUT2D eigenvalue weighted by Crippen LogP contribution is -2.34. The first-order valence-corrected chi connectivity index (χ1v) is 7.64. The molecule has 1 heterocycles. The minimum atomic E-state index is -0.326. The summed E-state index contributed by atoms with van der Waals surface area (Å²) in [6.07, 6.45) is 3.15. The highest BCUT2D eigenvalue weighted by atomic mass is 79.9. The molecule has 7 heteroatoms. The quantitative estimate of drug-likeness (QED) is 0.673. The maximum Gasteiger partial charge on any atom is 0.276 e. The number of hydrazine groups is 1. The molecule has 0 radical (unpaired) electrons. The van der Waals surface area contributed by atoms with Crippen LogP contribution < -0.4 is 15.6 Å². The molecule has 3 rings (SSSR count). The van der Waals surface area contributed by atoms with Crippen molar-refractivity contribution in [2.45, 2.75) is 0 Å². The first kappa shape index (κ1) is 15.2. The molecule has 0 spiro atoms. The number of carbonyl (C=O) groups excluding carboxylic acids is 1. The van der Waals surface area contributed by atoms with Gasteiger partial charge in [0.2, 0.25) is 5.95 Å². The summed E-state index contributed by atoms with van der Waals surface area (Å²) >= 11 is 3.44. The number of fused-ring (bicyclic) bond motifs is 1. The number of aromatic nitrogens is 2. The summed E-state index contributed by atoms with van der Waals surface area (Å²) in [5.41, 5.74) is 5.08. The highest BCUT2D eigenvalue weighted by Crippen LogP contribution is 2.24. The van der Waals surface area contributed by atoms with E-state index in [4.69, 9.17) is 4.74 Å². The number of benzene rings is 2. The molecule has 0 atom stereocenters. The molecular weight excluding hydrogens is 360 g/mol. The summed E-state index contributed by atoms with van der Waals surface area (Å²) < 4.78 is 6.51. The zero-order valence-electron chi connectivity index (χ0n) is 12.0. The Kier molecular flexibility index (Phi) is 4.68. The Hall–Kier alpha value is -2.67. The van der Waals surface area contributed by atoms with Gasteiger partial charge in [-0.3, -0.25) is 15.6 Å². The van der Waals surface area contributed by atoms with Crippen molar-refractivity contribution in [2.24, 2.45) is 0 Å². The lowest BCUT2D eigenvalue weighted by atomic mass is 10.1. The summed E-state index contributed by atoms with van der Waals surface area (Å²) in [6, 6.07) is 13.3. The fourth-order valence-electron chi connectivity index (χ4n) is 1.96. The van der Waals surface area contributed by atoms with E-state index >= 15 is 0 Å². The molecule has 0 aliphatic rings. The van der Waals surface area contributed by atoms with Crippen molar-refractivity contribution in [1.29, 1.82) is 0 Å². The molecule has 0 aliphatic carbocycles. The molecule has 3 aromatic rings. The Morgan fingerprint density at radius 3 is 2.65 bits per heavy atom. The zero-order chi connectivity index (χ0) is 16.1. The molecule has 116 valence electrons. The van der Waals surface area contributed by atoms with Gasteiger partial charge in [0.1, 0.15) is 5.75 Å². The van der Waals surface area contributed by atoms with Crippen molar-refractivity contribution in [1.82, 2.24) is 15.4 Å². The number of nitrogens with one attached hydrogen (secondary N) is 2. The van der Waals surface area contributed by atoms with E-state index < -0.39 is 0 Å². The molecular formula is C16H13BrN4O2. The summed E-state index contributed by atoms with van der Waals surface area (Å²) in [4.78, 5) is 19.6. The summed E-state index contributed by atoms with van der Waals surface area (Å²) in [5, 5.41) is 2.14. The third-order valence-corrected chi connectivity index (χ3v) is 3.52. The van der Waals surface area contributed by atoms with Crippen molar-refractivity contribution in [3.05, 3.63) is 59.3 Å². The van der Waals surface area contributed by atoms with Crippen LogP contribution in [-0.2, 0) is 4.79 Å². The standard InChI is InChI=1S/C16H13BrN4O2/c17-13-4-2-12-9-14(5-3-11(12)8-13)23-10-15(22)20-21-16-18-6-1-7-19-16/h1-9H,10H2,(H,20,22)(H,18,19,21). The molecule has 1 aromatic heterocycles. The van der Waals surface area contributed by atoms with E-state index in [0.717, 1.165) is 15.2 Å². The number of amides is 1. The van der Waals surface area contributed by atoms with E-state index in [9.17, 15) is 4.79 Å². The molecule has 23 heavy (non-hydrogen) atoms. The molecule has 0 fully saturated rings. The Labute approximate surface area is 141 Å². The predicted octanol–water partition coefficient (Wildman–Crippen LogP) is 2.91. The normalized spacial score (nSPS) is 10.3. The van der Waals surface area contributed by atoms with Gasteiger partial charge in [0.05, 0.1) is 0 Å². The van der Waals surface area contributed by atoms with Gasteiger partial charge in [0, 0.05) is 16.9 Å². The molecule has 0 bridgehead atoms. The number of hydrogen-bond donors (Lipinski definition) is 2. The van der Waals surface area contributed by atoms with Gasteiger partial charge >= 0.3 is 0 Å². The van der Waals surface area contributed by atoms with Crippen molar-refractivity contribution >= 4 is 38.6 Å². The van der Waals surface area contributed by atoms with Crippen molar-refractivity contribution in [3.63, 3.8) is 0 Å². The Bertz CT molecular complexity index is 827. The van der Waals surface area contributed by atoms with Crippen LogP contribution in [0.5, 0.6) is 5.75 Å². The second-order valence-electron chi connectivity index (χ2n) is 4.69. The van der Waals surface area contributed by atoms with Crippen LogP contribution in [0, 0.1) is 0 Å². The van der Waals surface area contributed by atoms with E-state index in [1.54, 1.807) is 18.5 Å². The fourth-order valence-corrected chi connectivity index (χ4v) is 2.34. The Balaban J connectivity index is 1.55. The lowest BCUT2D eigenvalue weighted by Gasteiger charge is -2.09. The number of halogens is 1. The second kappa shape index (κ2) is 7.06. The third-order valence-electron chi connectivity index (χ3n) is 3.02. The smallest absolute Gasteiger partial charge is 0.276 e. The van der Waals surface area contributed by atoms with Crippen LogP contribution in [0.4, 0.5) is 5.95 Å². The van der Waals surface area contributed by atoms with E-state index in [2.05, 4.69) is 36.7 Å². The largest absolute Gasteiger partial charge is 0.484 e. The first-order valence-electron chi connectivity index (χ1n) is 6.85. The van der Waals surface area contributed by atoms with E-state index in [0.29, 0.717) is 11.7 Å². The molecule has 0 aliphatic heterocycles. The van der Waals surface area contributed by atoms with Crippen LogP contribution in [0.2, 0.25) is 0 Å². The number of rotatable bonds is 5.